The van der Waals surface area contributed by atoms with E-state index >= 15 is 0 Å². The molecular formula is C20H34N4O3S. The van der Waals surface area contributed by atoms with E-state index in [0.717, 1.165) is 5.01 Å². The van der Waals surface area contributed by atoms with Crippen LogP contribution in [-0.4, -0.2) is 49.8 Å². The third-order valence-electron chi connectivity index (χ3n) is 4.77. The number of nitrogens with zero attached hydrogens (tertiary/aromatic N) is 2. The molecule has 1 aromatic heterocycles. The lowest BCUT2D eigenvalue weighted by molar-refractivity contribution is 0.0467. The maximum absolute atomic E-state index is 12.0. The predicted molar refractivity (Wildman–Crippen MR) is 113 cm³/mol. The summed E-state index contributed by atoms with van der Waals surface area (Å²) >= 11 is 1.36. The summed E-state index contributed by atoms with van der Waals surface area (Å²) in [5, 5.41) is 7.44. The third kappa shape index (κ3) is 7.05. The zero-order valence-electron chi connectivity index (χ0n) is 17.5. The van der Waals surface area contributed by atoms with Crippen molar-refractivity contribution in [2.45, 2.75) is 71.4 Å². The molecule has 1 atom stereocenters. The van der Waals surface area contributed by atoms with Gasteiger partial charge in [-0.2, -0.15) is 0 Å². The lowest BCUT2D eigenvalue weighted by Crippen LogP contribution is -2.40. The van der Waals surface area contributed by atoms with Gasteiger partial charge in [0.25, 0.3) is 0 Å². The van der Waals surface area contributed by atoms with Gasteiger partial charge in [0.1, 0.15) is 9.88 Å². The van der Waals surface area contributed by atoms with Crippen molar-refractivity contribution in [2.75, 3.05) is 26.8 Å². The summed E-state index contributed by atoms with van der Waals surface area (Å²) in [4.78, 5) is 21.3. The Bertz CT molecular complexity index is 639. The van der Waals surface area contributed by atoms with Gasteiger partial charge < -0.3 is 20.1 Å². The predicted octanol–water partition coefficient (Wildman–Crippen LogP) is 3.59. The number of aryl methyl sites for hydroxylation is 1. The van der Waals surface area contributed by atoms with E-state index in [-0.39, 0.29) is 12.0 Å². The molecule has 0 aliphatic heterocycles. The molecule has 0 bridgehead atoms. The number of ether oxygens (including phenoxy) is 2. The molecule has 28 heavy (non-hydrogen) atoms. The van der Waals surface area contributed by atoms with Gasteiger partial charge in [0.2, 0.25) is 0 Å². The van der Waals surface area contributed by atoms with Gasteiger partial charge in [-0.1, -0.05) is 25.7 Å². The SMILES string of the molecule is CCOC(=O)c1sc(C(C)NC(=NC)NCCOC2CCCCCC2)nc1C. The molecule has 0 saturated heterocycles. The van der Waals surface area contributed by atoms with Gasteiger partial charge in [0, 0.05) is 13.6 Å². The zero-order chi connectivity index (χ0) is 20.4. The van der Waals surface area contributed by atoms with Crippen molar-refractivity contribution in [3.63, 3.8) is 0 Å². The van der Waals surface area contributed by atoms with Gasteiger partial charge in [0.05, 0.1) is 31.1 Å². The topological polar surface area (TPSA) is 84.8 Å². The molecule has 1 aliphatic rings. The first-order chi connectivity index (χ1) is 13.5. The number of guanidine groups is 1. The van der Waals surface area contributed by atoms with E-state index in [9.17, 15) is 4.79 Å². The number of carbonyl (C=O) groups is 1. The second kappa shape index (κ2) is 12.0. The number of rotatable bonds is 8. The summed E-state index contributed by atoms with van der Waals surface area (Å²) < 4.78 is 11.1. The number of carbonyl (C=O) groups excluding carboxylic acids is 1. The van der Waals surface area contributed by atoms with Gasteiger partial charge in [-0.25, -0.2) is 9.78 Å². The molecule has 0 amide bonds. The van der Waals surface area contributed by atoms with E-state index in [1.807, 2.05) is 13.8 Å². The van der Waals surface area contributed by atoms with E-state index in [4.69, 9.17) is 9.47 Å². The second-order valence-corrected chi connectivity index (χ2v) is 8.07. The quantitative estimate of drug-likeness (QED) is 0.224. The van der Waals surface area contributed by atoms with Crippen molar-refractivity contribution in [2.24, 2.45) is 4.99 Å². The minimum Gasteiger partial charge on any atom is -0.462 e. The van der Waals surface area contributed by atoms with Crippen molar-refractivity contribution in [1.82, 2.24) is 15.6 Å². The van der Waals surface area contributed by atoms with Crippen molar-refractivity contribution in [1.29, 1.82) is 0 Å². The van der Waals surface area contributed by atoms with Crippen LogP contribution in [0.2, 0.25) is 0 Å². The van der Waals surface area contributed by atoms with Crippen LogP contribution in [0.25, 0.3) is 0 Å². The molecule has 0 spiro atoms. The van der Waals surface area contributed by atoms with Crippen LogP contribution in [0.15, 0.2) is 4.99 Å². The minimum atomic E-state index is -0.311. The van der Waals surface area contributed by atoms with E-state index in [1.165, 1.54) is 49.9 Å². The van der Waals surface area contributed by atoms with Gasteiger partial charge in [-0.15, -0.1) is 11.3 Å². The summed E-state index contributed by atoms with van der Waals surface area (Å²) in [7, 11) is 1.74. The lowest BCUT2D eigenvalue weighted by atomic mass is 10.1. The molecule has 1 unspecified atom stereocenters. The molecule has 1 heterocycles. The van der Waals surface area contributed by atoms with E-state index in [2.05, 4.69) is 20.6 Å². The number of aliphatic imine (C=N–C) groups is 1. The van der Waals surface area contributed by atoms with Gasteiger partial charge in [-0.3, -0.25) is 4.99 Å². The number of nitrogens with one attached hydrogen (secondary N) is 2. The molecule has 158 valence electrons. The van der Waals surface area contributed by atoms with Crippen LogP contribution in [0.5, 0.6) is 0 Å². The standard InChI is InChI=1S/C20H34N4O3S/c1-5-26-19(25)17-14(2)23-18(28-17)15(3)24-20(21-4)22-12-13-27-16-10-8-6-7-9-11-16/h15-16H,5-13H2,1-4H3,(H2,21,22,24). The molecule has 1 saturated carbocycles. The summed E-state index contributed by atoms with van der Waals surface area (Å²) in [5.74, 6) is 0.386. The first-order valence-corrected chi connectivity index (χ1v) is 11.1. The van der Waals surface area contributed by atoms with E-state index < -0.39 is 0 Å². The third-order valence-corrected chi connectivity index (χ3v) is 6.09. The fraction of sp³-hybridized carbons (Fsp3) is 0.750. The largest absolute Gasteiger partial charge is 0.462 e. The van der Waals surface area contributed by atoms with Crippen LogP contribution < -0.4 is 10.6 Å². The normalized spacial score (nSPS) is 17.1. The van der Waals surface area contributed by atoms with Crippen LogP contribution in [0.3, 0.4) is 0 Å². The molecule has 0 radical (unpaired) electrons. The van der Waals surface area contributed by atoms with Gasteiger partial charge in [-0.05, 0) is 33.6 Å². The first-order valence-electron chi connectivity index (χ1n) is 10.3. The number of aromatic nitrogens is 1. The molecule has 1 aromatic rings. The fourth-order valence-electron chi connectivity index (χ4n) is 3.25. The highest BCUT2D eigenvalue weighted by Gasteiger charge is 2.20. The van der Waals surface area contributed by atoms with Crippen LogP contribution in [0.4, 0.5) is 0 Å². The Morgan fingerprint density at radius 1 is 1.32 bits per heavy atom. The highest BCUT2D eigenvalue weighted by Crippen LogP contribution is 2.24. The maximum atomic E-state index is 12.0. The summed E-state index contributed by atoms with van der Waals surface area (Å²) in [6, 6.07) is -0.0687. The highest BCUT2D eigenvalue weighted by atomic mass is 32.1. The summed E-state index contributed by atoms with van der Waals surface area (Å²) in [5.41, 5.74) is 0.701. The number of thiazole rings is 1. The molecule has 7 nitrogen and oxygen atoms in total. The Kier molecular flexibility index (Phi) is 9.70. The number of hydrogen-bond donors (Lipinski definition) is 2. The maximum Gasteiger partial charge on any atom is 0.350 e. The van der Waals surface area contributed by atoms with Crippen molar-refractivity contribution in [3.05, 3.63) is 15.6 Å². The molecule has 2 N–H and O–H groups in total. The van der Waals surface area contributed by atoms with Crippen LogP contribution >= 0.6 is 11.3 Å². The molecule has 0 aromatic carbocycles. The van der Waals surface area contributed by atoms with Crippen LogP contribution in [0, 0.1) is 6.92 Å². The smallest absolute Gasteiger partial charge is 0.350 e. The molecule has 2 rings (SSSR count). The second-order valence-electron chi connectivity index (χ2n) is 7.04. The Morgan fingerprint density at radius 3 is 2.68 bits per heavy atom. The average Bonchev–Trinajstić information content (AvgIpc) is 2.89. The fourth-order valence-corrected chi connectivity index (χ4v) is 4.22. The van der Waals surface area contributed by atoms with Crippen molar-refractivity contribution < 1.29 is 14.3 Å². The first kappa shape index (κ1) is 22.6. The minimum absolute atomic E-state index is 0.0687. The van der Waals surface area contributed by atoms with Crippen molar-refractivity contribution >= 4 is 23.3 Å². The molecule has 1 fully saturated rings. The average molecular weight is 411 g/mol. The van der Waals surface area contributed by atoms with Gasteiger partial charge in [0.15, 0.2) is 5.96 Å². The number of hydrogen-bond acceptors (Lipinski definition) is 6. The van der Waals surface area contributed by atoms with Gasteiger partial charge >= 0.3 is 5.97 Å². The van der Waals surface area contributed by atoms with Crippen LogP contribution in [-0.2, 0) is 9.47 Å². The molecule has 1 aliphatic carbocycles. The highest BCUT2D eigenvalue weighted by molar-refractivity contribution is 7.13. The summed E-state index contributed by atoms with van der Waals surface area (Å²) in [6.45, 7) is 7.36. The lowest BCUT2D eigenvalue weighted by Gasteiger charge is -2.18. The Morgan fingerprint density at radius 2 is 2.04 bits per heavy atom. The Labute approximate surface area is 172 Å². The molecule has 8 heteroatoms. The Hall–Kier alpha value is -1.67. The monoisotopic (exact) mass is 410 g/mol. The molecular weight excluding hydrogens is 376 g/mol. The van der Waals surface area contributed by atoms with E-state index in [1.54, 1.807) is 14.0 Å². The zero-order valence-corrected chi connectivity index (χ0v) is 18.4. The number of esters is 1. The Balaban J connectivity index is 1.78. The van der Waals surface area contributed by atoms with Crippen LogP contribution in [0.1, 0.15) is 78.8 Å². The summed E-state index contributed by atoms with van der Waals surface area (Å²) in [6.07, 6.45) is 7.98. The van der Waals surface area contributed by atoms with E-state index in [0.29, 0.717) is 42.4 Å². The van der Waals surface area contributed by atoms with Crippen molar-refractivity contribution in [3.8, 4) is 0 Å².